The first-order chi connectivity index (χ1) is 50.8. The standard InChI is InChI=1S/C102H80N2/c1-59-45-47-101(7)71-49-69(65-25-13-9-14-26-65)53-77(55-71)103(73-29-17-11-18-30-73)75-39-43-79-67(51-75)38-42-86-95(79)97(89-57-87-61(3)99(101)91(59)63(5)93(87)83-35-23-21-33-81(83)89)85-41-37-68-52-76-40-44-80(68)96(85)98(86)90-58-88-62(4)100-92(64(6)94(88)84-36-24-22-34-82(84)90)60(2)46-48-102(100,8)72-50-70(66-27-15-10-16-28-66)54-78(56-72)104(76)74-31-19-12-20-32-74/h9-64H,1-8H3. The molecule has 0 spiro atoms. The van der Waals surface area contributed by atoms with Gasteiger partial charge in [0.05, 0.1) is 0 Å². The summed E-state index contributed by atoms with van der Waals surface area (Å²) in [6, 6.07) is 109. The van der Waals surface area contributed by atoms with Crippen LogP contribution in [0.3, 0.4) is 0 Å². The number of allylic oxidation sites excluding steroid dienone is 8. The molecule has 4 aliphatic carbocycles. The lowest BCUT2D eigenvalue weighted by atomic mass is 9.57. The Bertz CT molecular complexity index is 5980. The number of hydrogen-bond acceptors (Lipinski definition) is 2. The fourth-order valence-corrected chi connectivity index (χ4v) is 21.3. The summed E-state index contributed by atoms with van der Waals surface area (Å²) >= 11 is 0. The second-order valence-electron chi connectivity index (χ2n) is 31.4. The average Bonchev–Trinajstić information content (AvgIpc) is 0.691. The fourth-order valence-electron chi connectivity index (χ4n) is 21.3. The summed E-state index contributed by atoms with van der Waals surface area (Å²) in [4.78, 5) is 5.06. The lowest BCUT2D eigenvalue weighted by Gasteiger charge is -2.47. The third-order valence-corrected chi connectivity index (χ3v) is 25.9. The Kier molecular flexibility index (Phi) is 13.2. The summed E-state index contributed by atoms with van der Waals surface area (Å²) in [5.41, 5.74) is 30.3. The highest BCUT2D eigenvalue weighted by Gasteiger charge is 2.47. The first-order valence-corrected chi connectivity index (χ1v) is 37.8. The van der Waals surface area contributed by atoms with Gasteiger partial charge in [-0.05, 0) is 276 Å². The minimum Gasteiger partial charge on any atom is -0.310 e. The van der Waals surface area contributed by atoms with Crippen molar-refractivity contribution in [2.75, 3.05) is 9.80 Å². The molecule has 498 valence electrons. The third kappa shape index (κ3) is 8.57. The van der Waals surface area contributed by atoms with Crippen LogP contribution in [-0.2, 0) is 10.8 Å². The van der Waals surface area contributed by atoms with E-state index in [9.17, 15) is 0 Å². The van der Waals surface area contributed by atoms with Crippen LogP contribution in [0.2, 0.25) is 0 Å². The fraction of sp³-hybridized carbons (Fsp3) is 0.157. The van der Waals surface area contributed by atoms with Gasteiger partial charge in [0.25, 0.3) is 0 Å². The zero-order valence-corrected chi connectivity index (χ0v) is 60.2. The van der Waals surface area contributed by atoms with Crippen molar-refractivity contribution in [2.24, 2.45) is 11.8 Å². The minimum absolute atomic E-state index is 0.0727. The van der Waals surface area contributed by atoms with Crippen LogP contribution in [0.25, 0.3) is 109 Å². The van der Waals surface area contributed by atoms with E-state index in [-0.39, 0.29) is 35.5 Å². The summed E-state index contributed by atoms with van der Waals surface area (Å²) in [6.07, 6.45) is 10.2. The zero-order valence-electron chi connectivity index (χ0n) is 60.2. The Morgan fingerprint density at radius 3 is 1.05 bits per heavy atom. The quantitative estimate of drug-likeness (QED) is 0.0984. The van der Waals surface area contributed by atoms with Crippen molar-refractivity contribution in [3.63, 3.8) is 0 Å². The molecule has 4 aliphatic heterocycles. The molecule has 0 saturated carbocycles. The van der Waals surface area contributed by atoms with E-state index < -0.39 is 10.8 Å². The largest absolute Gasteiger partial charge is 0.310 e. The van der Waals surface area contributed by atoms with Crippen LogP contribution in [0.15, 0.2) is 326 Å². The molecule has 104 heavy (non-hydrogen) atoms. The van der Waals surface area contributed by atoms with Gasteiger partial charge in [-0.2, -0.15) is 0 Å². The Balaban J connectivity index is 0.950. The van der Waals surface area contributed by atoms with Gasteiger partial charge < -0.3 is 9.80 Å². The predicted molar refractivity (Wildman–Crippen MR) is 442 cm³/mol. The zero-order chi connectivity index (χ0) is 69.8. The molecule has 0 saturated heterocycles. The van der Waals surface area contributed by atoms with Gasteiger partial charge in [0.2, 0.25) is 0 Å². The van der Waals surface area contributed by atoms with Crippen LogP contribution in [0.5, 0.6) is 0 Å². The van der Waals surface area contributed by atoms with E-state index >= 15 is 0 Å². The maximum atomic E-state index is 2.71. The predicted octanol–water partition coefficient (Wildman–Crippen LogP) is 28.2. The van der Waals surface area contributed by atoms with E-state index in [1.54, 1.807) is 11.1 Å². The molecular formula is C102H80N2. The number of benzene rings is 15. The molecule has 8 aliphatic rings. The molecule has 8 atom stereocenters. The van der Waals surface area contributed by atoms with E-state index in [0.29, 0.717) is 0 Å². The number of rotatable bonds is 4. The molecule has 0 amide bonds. The lowest BCUT2D eigenvalue weighted by molar-refractivity contribution is 0.541. The van der Waals surface area contributed by atoms with Crippen molar-refractivity contribution in [1.82, 2.24) is 0 Å². The van der Waals surface area contributed by atoms with Crippen LogP contribution < -0.4 is 9.80 Å². The van der Waals surface area contributed by atoms with Crippen molar-refractivity contribution < 1.29 is 0 Å². The summed E-state index contributed by atoms with van der Waals surface area (Å²) in [7, 11) is 0. The molecule has 18 bridgehead atoms. The molecule has 0 fully saturated rings. The monoisotopic (exact) mass is 1330 g/mol. The second-order valence-corrected chi connectivity index (χ2v) is 31.4. The number of nitrogens with zero attached hydrogens (tertiary/aromatic N) is 2. The minimum atomic E-state index is -0.455. The van der Waals surface area contributed by atoms with Gasteiger partial charge in [-0.25, -0.2) is 0 Å². The maximum Gasteiger partial charge on any atom is 0.0470 e. The molecular weight excluding hydrogens is 1250 g/mol. The SMILES string of the molecule is CC1C=CC2(C)C3=C1C(C)c1c(cc(c4ccccc14)-c1c4ccc5cc6ccc5c4c(c4ccc5cc(ccc5c14)N(c1ccccc1)c1cc(-c4ccccc4)cc2c1)-c1cc2c(c4ccccc14)C(C)C1=C(C2C)C(C)(C=CC1C)c1cc(-c2ccccc2)cc(c1)N6c1ccccc1)C3C. The van der Waals surface area contributed by atoms with Gasteiger partial charge >= 0.3 is 0 Å². The molecule has 15 aromatic carbocycles. The van der Waals surface area contributed by atoms with Crippen molar-refractivity contribution in [3.8, 4) is 44.5 Å². The van der Waals surface area contributed by atoms with Gasteiger partial charge in [-0.3, -0.25) is 0 Å². The number of fused-ring (bicyclic) bond motifs is 6. The molecule has 15 aromatic rings. The third-order valence-electron chi connectivity index (χ3n) is 25.9. The molecule has 23 rings (SSSR count). The van der Waals surface area contributed by atoms with Crippen LogP contribution >= 0.6 is 0 Å². The smallest absolute Gasteiger partial charge is 0.0470 e. The Morgan fingerprint density at radius 1 is 0.279 bits per heavy atom. The molecule has 8 unspecified atom stereocenters. The Labute approximate surface area is 609 Å². The van der Waals surface area contributed by atoms with Crippen LogP contribution in [0.4, 0.5) is 34.1 Å². The van der Waals surface area contributed by atoms with E-state index in [1.165, 1.54) is 154 Å². The molecule has 0 radical (unpaired) electrons. The normalized spacial score (nSPS) is 21.9. The van der Waals surface area contributed by atoms with Crippen molar-refractivity contribution in [3.05, 3.63) is 359 Å². The highest BCUT2D eigenvalue weighted by atomic mass is 15.1. The summed E-state index contributed by atoms with van der Waals surface area (Å²) in [5.74, 6) is 0.959. The summed E-state index contributed by atoms with van der Waals surface area (Å²) in [5, 5.41) is 15.2. The van der Waals surface area contributed by atoms with Crippen molar-refractivity contribution >= 4 is 98.8 Å². The number of anilines is 6. The molecule has 0 N–H and O–H groups in total. The van der Waals surface area contributed by atoms with Crippen LogP contribution in [0, 0.1) is 11.8 Å². The number of para-hydroxylation sites is 2. The van der Waals surface area contributed by atoms with Crippen molar-refractivity contribution in [1.29, 1.82) is 0 Å². The van der Waals surface area contributed by atoms with E-state index in [4.69, 9.17) is 0 Å². The number of hydrogen-bond donors (Lipinski definition) is 0. The first kappa shape index (κ1) is 61.1. The average molecular weight is 1330 g/mol. The first-order valence-electron chi connectivity index (χ1n) is 37.8. The van der Waals surface area contributed by atoms with E-state index in [0.717, 1.165) is 34.1 Å². The van der Waals surface area contributed by atoms with E-state index in [1.807, 2.05) is 0 Å². The summed E-state index contributed by atoms with van der Waals surface area (Å²) in [6.45, 7) is 20.1. The summed E-state index contributed by atoms with van der Waals surface area (Å²) < 4.78 is 0. The van der Waals surface area contributed by atoms with Crippen LogP contribution in [0.1, 0.15) is 112 Å². The highest BCUT2D eigenvalue weighted by molar-refractivity contribution is 6.35. The molecule has 2 nitrogen and oxygen atoms in total. The molecule has 0 aromatic heterocycles. The maximum absolute atomic E-state index is 2.71. The van der Waals surface area contributed by atoms with Crippen LogP contribution in [-0.4, -0.2) is 0 Å². The molecule has 2 heteroatoms. The van der Waals surface area contributed by atoms with Crippen molar-refractivity contribution in [2.45, 2.75) is 89.9 Å². The van der Waals surface area contributed by atoms with Gasteiger partial charge in [0, 0.05) is 68.6 Å². The van der Waals surface area contributed by atoms with Gasteiger partial charge in [-0.1, -0.05) is 259 Å². The molecule has 4 heterocycles. The lowest BCUT2D eigenvalue weighted by Crippen LogP contribution is -2.35. The second kappa shape index (κ2) is 22.5. The Hall–Kier alpha value is -11.6. The topological polar surface area (TPSA) is 6.48 Å². The highest BCUT2D eigenvalue weighted by Crippen LogP contribution is 2.63. The van der Waals surface area contributed by atoms with E-state index in [2.05, 4.69) is 369 Å². The van der Waals surface area contributed by atoms with Gasteiger partial charge in [0.15, 0.2) is 0 Å². The Morgan fingerprint density at radius 2 is 0.644 bits per heavy atom. The van der Waals surface area contributed by atoms with Gasteiger partial charge in [-0.15, -0.1) is 0 Å². The van der Waals surface area contributed by atoms with Gasteiger partial charge in [0.1, 0.15) is 0 Å².